The molecule has 0 aliphatic carbocycles. The van der Waals surface area contributed by atoms with E-state index in [9.17, 15) is 0 Å². The van der Waals surface area contributed by atoms with E-state index in [2.05, 4.69) is 65.8 Å². The van der Waals surface area contributed by atoms with Crippen molar-refractivity contribution >= 4 is 11.6 Å². The molecule has 1 atom stereocenters. The van der Waals surface area contributed by atoms with E-state index in [0.717, 1.165) is 38.5 Å². The molecule has 2 rings (SSSR count). The van der Waals surface area contributed by atoms with Crippen LogP contribution in [0.3, 0.4) is 0 Å². The molecule has 1 unspecified atom stereocenters. The van der Waals surface area contributed by atoms with Crippen molar-refractivity contribution in [2.45, 2.75) is 31.9 Å². The molecule has 0 aromatic heterocycles. The maximum Gasteiger partial charge on any atom is 0.191 e. The first-order valence-electron chi connectivity index (χ1n) is 7.87. The number of nitrogens with zero attached hydrogens (tertiary/aromatic N) is 2. The zero-order valence-corrected chi connectivity index (χ0v) is 14.1. The van der Waals surface area contributed by atoms with Crippen LogP contribution in [0, 0.1) is 0 Å². The van der Waals surface area contributed by atoms with Crippen molar-refractivity contribution < 1.29 is 4.74 Å². The monoisotopic (exact) mass is 304 g/mol. The van der Waals surface area contributed by atoms with E-state index >= 15 is 0 Å². The van der Waals surface area contributed by atoms with E-state index in [4.69, 9.17) is 4.74 Å². The summed E-state index contributed by atoms with van der Waals surface area (Å²) in [5.41, 5.74) is 2.37. The molecule has 0 bridgehead atoms. The highest BCUT2D eigenvalue weighted by Gasteiger charge is 2.29. The molecule has 1 aliphatic heterocycles. The molecule has 0 radical (unpaired) electrons. The van der Waals surface area contributed by atoms with Crippen LogP contribution in [-0.2, 0) is 11.3 Å². The fourth-order valence-corrected chi connectivity index (χ4v) is 2.60. The Morgan fingerprint density at radius 3 is 2.82 bits per heavy atom. The van der Waals surface area contributed by atoms with Gasteiger partial charge >= 0.3 is 0 Å². The third-order valence-electron chi connectivity index (χ3n) is 4.04. The standard InChI is InChI=1S/C17H28N4O/c1-17(9-6-10-22-17)13-20-16(18-2)19-12-14-7-5-8-15(11-14)21(3)4/h5,7-8,11H,6,9-10,12-13H2,1-4H3,(H2,18,19,20). The number of nitrogens with one attached hydrogen (secondary N) is 2. The Labute approximate surface area is 133 Å². The molecule has 122 valence electrons. The van der Waals surface area contributed by atoms with E-state index in [0.29, 0.717) is 0 Å². The number of anilines is 1. The Morgan fingerprint density at radius 1 is 1.36 bits per heavy atom. The topological polar surface area (TPSA) is 48.9 Å². The van der Waals surface area contributed by atoms with Gasteiger partial charge in [-0.25, -0.2) is 0 Å². The SMILES string of the molecule is CN=C(NCc1cccc(N(C)C)c1)NCC1(C)CCCO1. The molecular formula is C17H28N4O. The Hall–Kier alpha value is -1.75. The highest BCUT2D eigenvalue weighted by Crippen LogP contribution is 2.23. The first kappa shape index (κ1) is 16.6. The van der Waals surface area contributed by atoms with Crippen LogP contribution in [0.5, 0.6) is 0 Å². The van der Waals surface area contributed by atoms with Crippen LogP contribution in [-0.4, -0.2) is 45.9 Å². The van der Waals surface area contributed by atoms with Crippen LogP contribution in [0.25, 0.3) is 0 Å². The number of aliphatic imine (C=N–C) groups is 1. The zero-order chi connectivity index (χ0) is 16.0. The quantitative estimate of drug-likeness (QED) is 0.645. The Kier molecular flexibility index (Phi) is 5.66. The molecule has 1 saturated heterocycles. The summed E-state index contributed by atoms with van der Waals surface area (Å²) in [4.78, 5) is 6.39. The van der Waals surface area contributed by atoms with Crippen molar-refractivity contribution in [1.29, 1.82) is 0 Å². The van der Waals surface area contributed by atoms with Crippen LogP contribution in [0.2, 0.25) is 0 Å². The van der Waals surface area contributed by atoms with Gasteiger partial charge in [-0.15, -0.1) is 0 Å². The maximum absolute atomic E-state index is 5.79. The summed E-state index contributed by atoms with van der Waals surface area (Å²) in [5, 5.41) is 6.72. The smallest absolute Gasteiger partial charge is 0.191 e. The minimum atomic E-state index is -0.0670. The first-order valence-corrected chi connectivity index (χ1v) is 7.87. The van der Waals surface area contributed by atoms with Crippen LogP contribution in [0.1, 0.15) is 25.3 Å². The Balaban J connectivity index is 1.84. The Morgan fingerprint density at radius 2 is 2.18 bits per heavy atom. The van der Waals surface area contributed by atoms with Crippen molar-refractivity contribution in [1.82, 2.24) is 10.6 Å². The Bertz CT molecular complexity index is 507. The number of ether oxygens (including phenoxy) is 1. The van der Waals surface area contributed by atoms with Gasteiger partial charge in [0.25, 0.3) is 0 Å². The normalized spacial score (nSPS) is 21.7. The zero-order valence-electron chi connectivity index (χ0n) is 14.1. The lowest BCUT2D eigenvalue weighted by atomic mass is 10.0. The fraction of sp³-hybridized carbons (Fsp3) is 0.588. The van der Waals surface area contributed by atoms with Gasteiger partial charge in [0.05, 0.1) is 5.60 Å². The van der Waals surface area contributed by atoms with Gasteiger partial charge in [-0.05, 0) is 37.5 Å². The molecule has 1 heterocycles. The van der Waals surface area contributed by atoms with Gasteiger partial charge in [-0.1, -0.05) is 12.1 Å². The second kappa shape index (κ2) is 7.49. The largest absolute Gasteiger partial charge is 0.378 e. The predicted molar refractivity (Wildman–Crippen MR) is 92.6 cm³/mol. The average Bonchev–Trinajstić information content (AvgIpc) is 2.95. The van der Waals surface area contributed by atoms with Gasteiger partial charge in [-0.2, -0.15) is 0 Å². The van der Waals surface area contributed by atoms with Gasteiger partial charge in [0.2, 0.25) is 0 Å². The summed E-state index contributed by atoms with van der Waals surface area (Å²) in [6, 6.07) is 8.49. The van der Waals surface area contributed by atoms with Crippen LogP contribution in [0.15, 0.2) is 29.3 Å². The van der Waals surface area contributed by atoms with Gasteiger partial charge in [0, 0.05) is 46.5 Å². The molecule has 0 saturated carbocycles. The summed E-state index contributed by atoms with van der Waals surface area (Å²) in [5.74, 6) is 0.812. The lowest BCUT2D eigenvalue weighted by Gasteiger charge is -2.24. The molecule has 2 N–H and O–H groups in total. The molecule has 5 nitrogen and oxygen atoms in total. The van der Waals surface area contributed by atoms with Crippen molar-refractivity contribution in [2.75, 3.05) is 39.2 Å². The van der Waals surface area contributed by atoms with Gasteiger partial charge in [0.15, 0.2) is 5.96 Å². The van der Waals surface area contributed by atoms with Gasteiger partial charge in [-0.3, -0.25) is 4.99 Å². The van der Waals surface area contributed by atoms with E-state index in [-0.39, 0.29) is 5.60 Å². The molecule has 5 heteroatoms. The summed E-state index contributed by atoms with van der Waals surface area (Å²) < 4.78 is 5.79. The molecule has 1 aliphatic rings. The number of benzene rings is 1. The maximum atomic E-state index is 5.79. The summed E-state index contributed by atoms with van der Waals surface area (Å²) >= 11 is 0. The molecule has 1 aromatic carbocycles. The second-order valence-electron chi connectivity index (χ2n) is 6.25. The number of hydrogen-bond donors (Lipinski definition) is 2. The predicted octanol–water partition coefficient (Wildman–Crippen LogP) is 1.99. The van der Waals surface area contributed by atoms with E-state index in [1.807, 2.05) is 0 Å². The fourth-order valence-electron chi connectivity index (χ4n) is 2.60. The summed E-state index contributed by atoms with van der Waals surface area (Å²) in [7, 11) is 5.90. The van der Waals surface area contributed by atoms with Crippen LogP contribution >= 0.6 is 0 Å². The van der Waals surface area contributed by atoms with Crippen molar-refractivity contribution in [3.63, 3.8) is 0 Å². The number of hydrogen-bond acceptors (Lipinski definition) is 3. The minimum Gasteiger partial charge on any atom is -0.378 e. The third-order valence-corrected chi connectivity index (χ3v) is 4.04. The molecule has 0 spiro atoms. The molecule has 1 fully saturated rings. The van der Waals surface area contributed by atoms with E-state index in [1.54, 1.807) is 7.05 Å². The first-order chi connectivity index (χ1) is 10.5. The summed E-state index contributed by atoms with van der Waals surface area (Å²) in [6.45, 7) is 4.55. The lowest BCUT2D eigenvalue weighted by molar-refractivity contribution is 0.0243. The van der Waals surface area contributed by atoms with Gasteiger partial charge in [0.1, 0.15) is 0 Å². The summed E-state index contributed by atoms with van der Waals surface area (Å²) in [6.07, 6.45) is 2.24. The highest BCUT2D eigenvalue weighted by atomic mass is 16.5. The van der Waals surface area contributed by atoms with E-state index < -0.39 is 0 Å². The number of guanidine groups is 1. The van der Waals surface area contributed by atoms with E-state index in [1.165, 1.54) is 11.3 Å². The van der Waals surface area contributed by atoms with Crippen LogP contribution in [0.4, 0.5) is 5.69 Å². The van der Waals surface area contributed by atoms with Crippen molar-refractivity contribution in [2.24, 2.45) is 4.99 Å². The van der Waals surface area contributed by atoms with Crippen molar-refractivity contribution in [3.8, 4) is 0 Å². The highest BCUT2D eigenvalue weighted by molar-refractivity contribution is 5.79. The average molecular weight is 304 g/mol. The second-order valence-corrected chi connectivity index (χ2v) is 6.25. The molecule has 1 aromatic rings. The lowest BCUT2D eigenvalue weighted by Crippen LogP contribution is -2.45. The van der Waals surface area contributed by atoms with Crippen LogP contribution < -0.4 is 15.5 Å². The molecular weight excluding hydrogens is 276 g/mol. The molecule has 0 amide bonds. The molecule has 22 heavy (non-hydrogen) atoms. The van der Waals surface area contributed by atoms with Crippen molar-refractivity contribution in [3.05, 3.63) is 29.8 Å². The minimum absolute atomic E-state index is 0.0670. The van der Waals surface area contributed by atoms with Gasteiger partial charge < -0.3 is 20.3 Å². The number of rotatable bonds is 5. The third kappa shape index (κ3) is 4.63.